The van der Waals surface area contributed by atoms with Gasteiger partial charge in [0.25, 0.3) is 0 Å². The zero-order chi connectivity index (χ0) is 7.98. The van der Waals surface area contributed by atoms with Gasteiger partial charge in [-0.05, 0) is 6.92 Å². The first kappa shape index (κ1) is 9.30. The third-order valence-corrected chi connectivity index (χ3v) is 0.963. The summed E-state index contributed by atoms with van der Waals surface area (Å²) in [5.74, 6) is -0.0230. The van der Waals surface area contributed by atoms with Gasteiger partial charge in [0.05, 0.1) is 0 Å². The standard InChI is InChI=1S/C7H12O3/c1-3-7(9)5-10-4-6(2)8/h3-5H2,1-2H3. The zero-order valence-electron chi connectivity index (χ0n) is 6.35. The Labute approximate surface area is 60.4 Å². The number of hydrogen-bond acceptors (Lipinski definition) is 3. The molecule has 0 radical (unpaired) electrons. The molecule has 3 nitrogen and oxygen atoms in total. The number of rotatable bonds is 5. The number of hydrogen-bond donors (Lipinski definition) is 0. The van der Waals surface area contributed by atoms with E-state index >= 15 is 0 Å². The van der Waals surface area contributed by atoms with Crippen molar-refractivity contribution < 1.29 is 14.3 Å². The Bertz CT molecular complexity index is 129. The number of carbonyl (C=O) groups is 2. The summed E-state index contributed by atoms with van der Waals surface area (Å²) in [6, 6.07) is 0. The molecule has 0 aliphatic carbocycles. The lowest BCUT2D eigenvalue weighted by molar-refractivity contribution is -0.127. The summed E-state index contributed by atoms with van der Waals surface area (Å²) < 4.78 is 4.75. The van der Waals surface area contributed by atoms with E-state index in [0.717, 1.165) is 0 Å². The highest BCUT2D eigenvalue weighted by atomic mass is 16.5. The van der Waals surface area contributed by atoms with E-state index in [0.29, 0.717) is 6.42 Å². The third-order valence-electron chi connectivity index (χ3n) is 0.963. The molecule has 0 N–H and O–H groups in total. The monoisotopic (exact) mass is 144 g/mol. The van der Waals surface area contributed by atoms with Crippen molar-refractivity contribution in [2.75, 3.05) is 13.2 Å². The van der Waals surface area contributed by atoms with Crippen molar-refractivity contribution >= 4 is 11.6 Å². The fourth-order valence-corrected chi connectivity index (χ4v) is 0.411. The Kier molecular flexibility index (Phi) is 4.76. The van der Waals surface area contributed by atoms with Gasteiger partial charge in [-0.3, -0.25) is 9.59 Å². The highest BCUT2D eigenvalue weighted by molar-refractivity contribution is 5.80. The summed E-state index contributed by atoms with van der Waals surface area (Å²) >= 11 is 0. The maximum absolute atomic E-state index is 10.6. The van der Waals surface area contributed by atoms with Crippen molar-refractivity contribution in [3.63, 3.8) is 0 Å². The summed E-state index contributed by atoms with van der Waals surface area (Å²) in [6.07, 6.45) is 0.470. The maximum Gasteiger partial charge on any atom is 0.158 e. The molecule has 0 heterocycles. The van der Waals surface area contributed by atoms with Gasteiger partial charge in [0.15, 0.2) is 11.6 Å². The normalized spacial score (nSPS) is 9.40. The summed E-state index contributed by atoms with van der Waals surface area (Å²) in [7, 11) is 0. The fraction of sp³-hybridized carbons (Fsp3) is 0.714. The van der Waals surface area contributed by atoms with Crippen LogP contribution in [0.3, 0.4) is 0 Å². The minimum Gasteiger partial charge on any atom is -0.366 e. The molecule has 0 unspecified atom stereocenters. The van der Waals surface area contributed by atoms with Gasteiger partial charge >= 0.3 is 0 Å². The van der Waals surface area contributed by atoms with Crippen LogP contribution in [0.4, 0.5) is 0 Å². The largest absolute Gasteiger partial charge is 0.366 e. The molecule has 0 bridgehead atoms. The van der Waals surface area contributed by atoms with Gasteiger partial charge in [-0.1, -0.05) is 6.92 Å². The first-order chi connectivity index (χ1) is 4.66. The van der Waals surface area contributed by atoms with Gasteiger partial charge in [0, 0.05) is 6.42 Å². The molecule has 10 heavy (non-hydrogen) atoms. The highest BCUT2D eigenvalue weighted by Crippen LogP contribution is 1.83. The van der Waals surface area contributed by atoms with Gasteiger partial charge in [-0.15, -0.1) is 0 Å². The maximum atomic E-state index is 10.6. The molecule has 0 saturated heterocycles. The Hall–Kier alpha value is -0.700. The molecular weight excluding hydrogens is 132 g/mol. The molecule has 0 aliphatic heterocycles. The Balaban J connectivity index is 3.20. The van der Waals surface area contributed by atoms with E-state index in [1.807, 2.05) is 0 Å². The van der Waals surface area contributed by atoms with Gasteiger partial charge in [0.2, 0.25) is 0 Å². The minimum absolute atomic E-state index is 0.0289. The molecule has 0 amide bonds. The molecule has 0 fully saturated rings. The van der Waals surface area contributed by atoms with Crippen LogP contribution in [-0.4, -0.2) is 24.8 Å². The highest BCUT2D eigenvalue weighted by Gasteiger charge is 1.98. The van der Waals surface area contributed by atoms with Crippen LogP contribution in [0.15, 0.2) is 0 Å². The number of carbonyl (C=O) groups excluding carboxylic acids is 2. The number of ketones is 2. The topological polar surface area (TPSA) is 43.4 Å². The van der Waals surface area contributed by atoms with Gasteiger partial charge in [-0.2, -0.15) is 0 Å². The summed E-state index contributed by atoms with van der Waals surface area (Å²) in [4.78, 5) is 20.8. The molecule has 0 aliphatic rings. The van der Waals surface area contributed by atoms with Crippen molar-refractivity contribution in [3.05, 3.63) is 0 Å². The van der Waals surface area contributed by atoms with E-state index in [2.05, 4.69) is 0 Å². The molecule has 0 aromatic rings. The van der Waals surface area contributed by atoms with Crippen LogP contribution >= 0.6 is 0 Å². The summed E-state index contributed by atoms with van der Waals surface area (Å²) in [5, 5.41) is 0. The first-order valence-corrected chi connectivity index (χ1v) is 3.25. The predicted octanol–water partition coefficient (Wildman–Crippen LogP) is 0.571. The smallest absolute Gasteiger partial charge is 0.158 e. The predicted molar refractivity (Wildman–Crippen MR) is 36.8 cm³/mol. The first-order valence-electron chi connectivity index (χ1n) is 3.25. The van der Waals surface area contributed by atoms with Crippen LogP contribution in [0, 0.1) is 0 Å². The Morgan fingerprint density at radius 2 is 1.90 bits per heavy atom. The lowest BCUT2D eigenvalue weighted by Gasteiger charge is -1.97. The molecule has 0 aromatic carbocycles. The minimum atomic E-state index is -0.0519. The van der Waals surface area contributed by atoms with Crippen LogP contribution in [0.5, 0.6) is 0 Å². The Morgan fingerprint density at radius 1 is 1.30 bits per heavy atom. The van der Waals surface area contributed by atoms with E-state index < -0.39 is 0 Å². The van der Waals surface area contributed by atoms with Crippen LogP contribution in [0.1, 0.15) is 20.3 Å². The van der Waals surface area contributed by atoms with Crippen molar-refractivity contribution in [2.24, 2.45) is 0 Å². The molecule has 0 saturated carbocycles. The second-order valence-corrected chi connectivity index (χ2v) is 2.09. The van der Waals surface area contributed by atoms with Crippen LogP contribution < -0.4 is 0 Å². The molecular formula is C7H12O3. The fourth-order valence-electron chi connectivity index (χ4n) is 0.411. The van der Waals surface area contributed by atoms with Crippen LogP contribution in [-0.2, 0) is 14.3 Å². The average molecular weight is 144 g/mol. The quantitative estimate of drug-likeness (QED) is 0.566. The van der Waals surface area contributed by atoms with E-state index in [1.54, 1.807) is 6.92 Å². The molecule has 0 aromatic heterocycles. The lowest BCUT2D eigenvalue weighted by atomic mass is 10.3. The van der Waals surface area contributed by atoms with Gasteiger partial charge < -0.3 is 4.74 Å². The van der Waals surface area contributed by atoms with E-state index in [1.165, 1.54) is 6.92 Å². The molecule has 3 heteroatoms. The third kappa shape index (κ3) is 5.44. The van der Waals surface area contributed by atoms with Crippen LogP contribution in [0.2, 0.25) is 0 Å². The van der Waals surface area contributed by atoms with Crippen molar-refractivity contribution in [2.45, 2.75) is 20.3 Å². The summed E-state index contributed by atoms with van der Waals surface area (Å²) in [6.45, 7) is 3.30. The zero-order valence-corrected chi connectivity index (χ0v) is 6.35. The number of Topliss-reactive ketones (excluding diaryl/α,β-unsaturated/α-hetero) is 2. The SMILES string of the molecule is CCC(=O)COCC(C)=O. The van der Waals surface area contributed by atoms with Crippen molar-refractivity contribution in [1.29, 1.82) is 0 Å². The van der Waals surface area contributed by atoms with E-state index in [-0.39, 0.29) is 24.8 Å². The van der Waals surface area contributed by atoms with Gasteiger partial charge in [0.1, 0.15) is 13.2 Å². The van der Waals surface area contributed by atoms with Gasteiger partial charge in [-0.25, -0.2) is 0 Å². The molecule has 0 rings (SSSR count). The van der Waals surface area contributed by atoms with Crippen LogP contribution in [0.25, 0.3) is 0 Å². The Morgan fingerprint density at radius 3 is 2.30 bits per heavy atom. The van der Waals surface area contributed by atoms with Crippen molar-refractivity contribution in [3.8, 4) is 0 Å². The summed E-state index contributed by atoms with van der Waals surface area (Å²) in [5.41, 5.74) is 0. The molecule has 0 atom stereocenters. The lowest BCUT2D eigenvalue weighted by Crippen LogP contribution is -2.11. The second-order valence-electron chi connectivity index (χ2n) is 2.09. The molecule has 58 valence electrons. The second kappa shape index (κ2) is 5.11. The van der Waals surface area contributed by atoms with E-state index in [4.69, 9.17) is 4.74 Å². The molecule has 0 spiro atoms. The number of ether oxygens (including phenoxy) is 1. The van der Waals surface area contributed by atoms with E-state index in [9.17, 15) is 9.59 Å². The van der Waals surface area contributed by atoms with Crippen molar-refractivity contribution in [1.82, 2.24) is 0 Å². The average Bonchev–Trinajstić information content (AvgIpc) is 1.87.